The summed E-state index contributed by atoms with van der Waals surface area (Å²) in [5, 5.41) is 10.4. The molecule has 4 nitrogen and oxygen atoms in total. The fourth-order valence-corrected chi connectivity index (χ4v) is 1.76. The molecule has 6 heteroatoms. The number of nitro benzene ring substituents is 1. The first kappa shape index (κ1) is 11.0. The van der Waals surface area contributed by atoms with Gasteiger partial charge in [0.15, 0.2) is 5.78 Å². The van der Waals surface area contributed by atoms with Gasteiger partial charge in [0.25, 0.3) is 0 Å². The van der Waals surface area contributed by atoms with Gasteiger partial charge in [-0.1, -0.05) is 0 Å². The number of ketones is 1. The van der Waals surface area contributed by atoms with Gasteiger partial charge in [-0.15, -0.1) is 0 Å². The first-order chi connectivity index (χ1) is 6.43. The monoisotopic (exact) mass is 309 g/mol. The normalized spacial score (nSPS) is 9.93. The van der Waals surface area contributed by atoms with Crippen LogP contribution in [0.1, 0.15) is 17.3 Å². The predicted octanol–water partition coefficient (Wildman–Crippen LogP) is 2.54. The van der Waals surface area contributed by atoms with Gasteiger partial charge in [-0.3, -0.25) is 14.9 Å². The number of rotatable bonds is 2. The molecule has 0 atom stereocenters. The smallest absolute Gasteiger partial charge is 0.294 e. The van der Waals surface area contributed by atoms with E-state index in [0.29, 0.717) is 3.57 Å². The van der Waals surface area contributed by atoms with Crippen molar-refractivity contribution in [3.63, 3.8) is 0 Å². The van der Waals surface area contributed by atoms with Gasteiger partial charge >= 0.3 is 5.69 Å². The van der Waals surface area contributed by atoms with Crippen molar-refractivity contribution in [1.82, 2.24) is 0 Å². The van der Waals surface area contributed by atoms with Gasteiger partial charge in [0.2, 0.25) is 5.82 Å². The number of halogens is 2. The number of benzene rings is 1. The Kier molecular flexibility index (Phi) is 3.14. The van der Waals surface area contributed by atoms with Crippen molar-refractivity contribution in [3.05, 3.63) is 37.2 Å². The van der Waals surface area contributed by atoms with Crippen LogP contribution in [0.3, 0.4) is 0 Å². The Bertz CT molecular complexity index is 384. The van der Waals surface area contributed by atoms with E-state index in [1.807, 2.05) is 0 Å². The summed E-state index contributed by atoms with van der Waals surface area (Å²) in [6.45, 7) is 1.28. The topological polar surface area (TPSA) is 60.2 Å². The second-order valence-electron chi connectivity index (χ2n) is 2.60. The number of hydrogen-bond acceptors (Lipinski definition) is 3. The largest absolute Gasteiger partial charge is 0.305 e. The van der Waals surface area contributed by atoms with Gasteiger partial charge in [-0.05, 0) is 35.6 Å². The zero-order valence-corrected chi connectivity index (χ0v) is 9.24. The zero-order chi connectivity index (χ0) is 10.9. The molecule has 0 saturated carbocycles. The first-order valence-corrected chi connectivity index (χ1v) is 4.65. The maximum absolute atomic E-state index is 13.0. The molecular weight excluding hydrogens is 304 g/mol. The minimum atomic E-state index is -0.926. The molecule has 1 aromatic carbocycles. The molecular formula is C8H5FINO3. The number of nitrogens with zero attached hydrogens (tertiary/aromatic N) is 1. The van der Waals surface area contributed by atoms with E-state index in [1.54, 1.807) is 22.6 Å². The van der Waals surface area contributed by atoms with Crippen LogP contribution < -0.4 is 0 Å². The summed E-state index contributed by atoms with van der Waals surface area (Å²) in [5.41, 5.74) is -0.505. The Labute approximate surface area is 92.4 Å². The summed E-state index contributed by atoms with van der Waals surface area (Å²) in [7, 11) is 0. The lowest BCUT2D eigenvalue weighted by Crippen LogP contribution is -2.01. The molecule has 0 aliphatic rings. The maximum atomic E-state index is 13.0. The van der Waals surface area contributed by atoms with Crippen LogP contribution in [0.4, 0.5) is 10.1 Å². The summed E-state index contributed by atoms with van der Waals surface area (Å²) in [6.07, 6.45) is 0. The average molecular weight is 309 g/mol. The highest BCUT2D eigenvalue weighted by Crippen LogP contribution is 2.23. The predicted molar refractivity (Wildman–Crippen MR) is 55.8 cm³/mol. The van der Waals surface area contributed by atoms with Crippen molar-refractivity contribution in [1.29, 1.82) is 0 Å². The molecule has 0 saturated heterocycles. The van der Waals surface area contributed by atoms with Gasteiger partial charge in [-0.25, -0.2) is 0 Å². The summed E-state index contributed by atoms with van der Waals surface area (Å²) in [6, 6.07) is 1.94. The lowest BCUT2D eigenvalue weighted by Gasteiger charge is -2.00. The van der Waals surface area contributed by atoms with Crippen LogP contribution in [0.15, 0.2) is 12.1 Å². The van der Waals surface area contributed by atoms with Crippen LogP contribution >= 0.6 is 22.6 Å². The summed E-state index contributed by atoms with van der Waals surface area (Å²) < 4.78 is 13.4. The van der Waals surface area contributed by atoms with E-state index in [4.69, 9.17) is 0 Å². The van der Waals surface area contributed by atoms with Crippen molar-refractivity contribution in [2.75, 3.05) is 0 Å². The molecule has 1 aromatic rings. The molecule has 0 unspecified atom stereocenters. The summed E-state index contributed by atoms with van der Waals surface area (Å²) in [4.78, 5) is 20.5. The third kappa shape index (κ3) is 2.06. The standard InChI is InChI=1S/C8H5FINO3/c1-4(12)5-2-8(11(13)14)6(9)3-7(5)10/h2-3H,1H3. The Balaban J connectivity index is 3.42. The summed E-state index contributed by atoms with van der Waals surface area (Å²) >= 11 is 1.76. The lowest BCUT2D eigenvalue weighted by molar-refractivity contribution is -0.387. The fraction of sp³-hybridized carbons (Fsp3) is 0.125. The van der Waals surface area contributed by atoms with Gasteiger partial charge in [0, 0.05) is 15.2 Å². The number of carbonyl (C=O) groups is 1. The highest BCUT2D eigenvalue weighted by Gasteiger charge is 2.18. The van der Waals surface area contributed by atoms with E-state index >= 15 is 0 Å². The minimum absolute atomic E-state index is 0.165. The van der Waals surface area contributed by atoms with Crippen LogP contribution in [0.5, 0.6) is 0 Å². The van der Waals surface area contributed by atoms with Crippen molar-refractivity contribution < 1.29 is 14.1 Å². The molecule has 0 fully saturated rings. The molecule has 0 aliphatic heterocycles. The van der Waals surface area contributed by atoms with Crippen molar-refractivity contribution in [2.45, 2.75) is 6.92 Å². The lowest BCUT2D eigenvalue weighted by atomic mass is 10.1. The second kappa shape index (κ2) is 3.99. The average Bonchev–Trinajstić information content (AvgIpc) is 2.02. The van der Waals surface area contributed by atoms with E-state index in [9.17, 15) is 19.3 Å². The molecule has 0 aromatic heterocycles. The Hall–Kier alpha value is -1.05. The first-order valence-electron chi connectivity index (χ1n) is 3.58. The van der Waals surface area contributed by atoms with E-state index < -0.39 is 16.4 Å². The van der Waals surface area contributed by atoms with Gasteiger partial charge in [0.1, 0.15) is 0 Å². The van der Waals surface area contributed by atoms with Crippen molar-refractivity contribution in [2.24, 2.45) is 0 Å². The molecule has 74 valence electrons. The van der Waals surface area contributed by atoms with Crippen LogP contribution in [0.2, 0.25) is 0 Å². The second-order valence-corrected chi connectivity index (χ2v) is 3.76. The molecule has 0 bridgehead atoms. The summed E-state index contributed by atoms with van der Waals surface area (Å²) in [5.74, 6) is -1.25. The number of carbonyl (C=O) groups excluding carboxylic acids is 1. The van der Waals surface area contributed by atoms with Crippen molar-refractivity contribution in [3.8, 4) is 0 Å². The van der Waals surface area contributed by atoms with Crippen LogP contribution in [0, 0.1) is 19.5 Å². The molecule has 0 radical (unpaired) electrons. The molecule has 0 amide bonds. The zero-order valence-electron chi connectivity index (χ0n) is 7.08. The highest BCUT2D eigenvalue weighted by molar-refractivity contribution is 14.1. The quantitative estimate of drug-likeness (QED) is 0.365. The number of hydrogen-bond donors (Lipinski definition) is 0. The third-order valence-electron chi connectivity index (χ3n) is 1.61. The van der Waals surface area contributed by atoms with Crippen LogP contribution in [-0.2, 0) is 0 Å². The van der Waals surface area contributed by atoms with Crippen molar-refractivity contribution >= 4 is 34.1 Å². The Morgan fingerprint density at radius 3 is 2.57 bits per heavy atom. The Morgan fingerprint density at radius 1 is 1.57 bits per heavy atom. The van der Waals surface area contributed by atoms with Crippen LogP contribution in [0.25, 0.3) is 0 Å². The third-order valence-corrected chi connectivity index (χ3v) is 2.50. The highest BCUT2D eigenvalue weighted by atomic mass is 127. The minimum Gasteiger partial charge on any atom is -0.294 e. The van der Waals surface area contributed by atoms with E-state index in [1.165, 1.54) is 6.92 Å². The van der Waals surface area contributed by atoms with E-state index in [-0.39, 0.29) is 11.3 Å². The van der Waals surface area contributed by atoms with Gasteiger partial charge in [0.05, 0.1) is 4.92 Å². The fourth-order valence-electron chi connectivity index (χ4n) is 0.947. The molecule has 14 heavy (non-hydrogen) atoms. The SMILES string of the molecule is CC(=O)c1cc([N+](=O)[O-])c(F)cc1I. The molecule has 1 rings (SSSR count). The van der Waals surface area contributed by atoms with Gasteiger partial charge in [-0.2, -0.15) is 4.39 Å². The molecule has 0 spiro atoms. The van der Waals surface area contributed by atoms with E-state index in [2.05, 4.69) is 0 Å². The number of Topliss-reactive ketones (excluding diaryl/α,β-unsaturated/α-hetero) is 1. The van der Waals surface area contributed by atoms with Gasteiger partial charge < -0.3 is 0 Å². The maximum Gasteiger partial charge on any atom is 0.305 e. The Morgan fingerprint density at radius 2 is 2.14 bits per heavy atom. The van der Waals surface area contributed by atoms with Crippen LogP contribution in [-0.4, -0.2) is 10.7 Å². The van der Waals surface area contributed by atoms with E-state index in [0.717, 1.165) is 12.1 Å². The number of nitro groups is 1. The molecule has 0 aliphatic carbocycles. The molecule has 0 heterocycles. The molecule has 0 N–H and O–H groups in total.